The largest absolute Gasteiger partial charge is 0.487 e. The fourth-order valence-corrected chi connectivity index (χ4v) is 4.35. The second-order valence-corrected chi connectivity index (χ2v) is 8.35. The van der Waals surface area contributed by atoms with Crippen molar-refractivity contribution in [3.8, 4) is 17.6 Å². The van der Waals surface area contributed by atoms with Crippen LogP contribution in [0.3, 0.4) is 0 Å². The molecule has 0 bridgehead atoms. The van der Waals surface area contributed by atoms with Crippen LogP contribution in [0.15, 0.2) is 24.3 Å². The molecule has 1 aromatic rings. The zero-order chi connectivity index (χ0) is 18.2. The first-order chi connectivity index (χ1) is 12.5. The Morgan fingerprint density at radius 2 is 1.92 bits per heavy atom. The van der Waals surface area contributed by atoms with Crippen LogP contribution in [-0.4, -0.2) is 49.0 Å². The van der Waals surface area contributed by atoms with Gasteiger partial charge in [-0.05, 0) is 39.7 Å². The molecule has 4 heteroatoms. The van der Waals surface area contributed by atoms with Gasteiger partial charge < -0.3 is 14.2 Å². The second-order valence-electron chi connectivity index (χ2n) is 8.35. The predicted molar refractivity (Wildman–Crippen MR) is 101 cm³/mol. The molecule has 26 heavy (non-hydrogen) atoms. The van der Waals surface area contributed by atoms with Crippen LogP contribution < -0.4 is 4.74 Å². The number of fused-ring (bicyclic) bond motifs is 3. The van der Waals surface area contributed by atoms with E-state index >= 15 is 0 Å². The van der Waals surface area contributed by atoms with E-state index in [1.165, 1.54) is 0 Å². The quantitative estimate of drug-likeness (QED) is 0.723. The maximum atomic E-state index is 6.63. The number of benzene rings is 1. The van der Waals surface area contributed by atoms with Gasteiger partial charge in [0.05, 0.1) is 25.9 Å². The summed E-state index contributed by atoms with van der Waals surface area (Å²) >= 11 is 0. The molecule has 2 saturated heterocycles. The highest BCUT2D eigenvalue weighted by Crippen LogP contribution is 2.52. The fraction of sp³-hybridized carbons (Fsp3) is 0.636. The molecule has 0 saturated carbocycles. The van der Waals surface area contributed by atoms with E-state index in [1.807, 2.05) is 12.1 Å². The molecule has 3 heterocycles. The molecule has 0 aliphatic carbocycles. The molecule has 0 amide bonds. The van der Waals surface area contributed by atoms with Gasteiger partial charge in [-0.25, -0.2) is 0 Å². The molecule has 4 rings (SSSR count). The van der Waals surface area contributed by atoms with Crippen LogP contribution in [0, 0.1) is 17.8 Å². The summed E-state index contributed by atoms with van der Waals surface area (Å²) in [6, 6.07) is 8.28. The molecule has 0 N–H and O–H groups in total. The van der Waals surface area contributed by atoms with E-state index in [2.05, 4.69) is 49.6 Å². The van der Waals surface area contributed by atoms with Gasteiger partial charge in [-0.15, -0.1) is 0 Å². The van der Waals surface area contributed by atoms with E-state index in [9.17, 15) is 0 Å². The lowest BCUT2D eigenvalue weighted by Crippen LogP contribution is -2.50. The van der Waals surface area contributed by atoms with Crippen LogP contribution in [0.4, 0.5) is 0 Å². The maximum Gasteiger partial charge on any atom is 0.126 e. The maximum absolute atomic E-state index is 6.63. The van der Waals surface area contributed by atoms with Crippen LogP contribution in [0.2, 0.25) is 0 Å². The third-order valence-corrected chi connectivity index (χ3v) is 5.94. The van der Waals surface area contributed by atoms with Crippen molar-refractivity contribution in [1.82, 2.24) is 4.90 Å². The van der Waals surface area contributed by atoms with Crippen LogP contribution >= 0.6 is 0 Å². The van der Waals surface area contributed by atoms with Crippen LogP contribution in [-0.2, 0) is 9.47 Å². The van der Waals surface area contributed by atoms with Crippen molar-refractivity contribution < 1.29 is 14.2 Å². The minimum absolute atomic E-state index is 0.0476. The van der Waals surface area contributed by atoms with Crippen LogP contribution in [0.1, 0.15) is 45.3 Å². The summed E-state index contributed by atoms with van der Waals surface area (Å²) < 4.78 is 18.3. The Hall–Kier alpha value is -1.54. The molecule has 0 unspecified atom stereocenters. The minimum atomic E-state index is -0.395. The number of morpholine rings is 1. The Balaban J connectivity index is 1.52. The van der Waals surface area contributed by atoms with Crippen molar-refractivity contribution in [1.29, 1.82) is 0 Å². The lowest BCUT2D eigenvalue weighted by Gasteiger charge is -2.50. The summed E-state index contributed by atoms with van der Waals surface area (Å²) in [6.07, 6.45) is 2.06. The van der Waals surface area contributed by atoms with Gasteiger partial charge >= 0.3 is 0 Å². The molecular weight excluding hydrogens is 326 g/mol. The first-order valence-electron chi connectivity index (χ1n) is 9.73. The van der Waals surface area contributed by atoms with Crippen molar-refractivity contribution >= 4 is 0 Å². The molecule has 1 aromatic carbocycles. The number of ether oxygens (including phenoxy) is 3. The topological polar surface area (TPSA) is 30.9 Å². The molecule has 0 aromatic heterocycles. The van der Waals surface area contributed by atoms with E-state index in [0.29, 0.717) is 5.92 Å². The molecule has 2 fully saturated rings. The van der Waals surface area contributed by atoms with E-state index in [4.69, 9.17) is 14.2 Å². The zero-order valence-electron chi connectivity index (χ0n) is 16.1. The van der Waals surface area contributed by atoms with Crippen molar-refractivity contribution in [3.05, 3.63) is 29.8 Å². The highest BCUT2D eigenvalue weighted by molar-refractivity contribution is 5.39. The molecular formula is C22H29NO3. The Labute approximate surface area is 156 Å². The molecule has 3 aliphatic heterocycles. The first kappa shape index (κ1) is 17.9. The van der Waals surface area contributed by atoms with Crippen molar-refractivity contribution in [3.63, 3.8) is 0 Å². The van der Waals surface area contributed by atoms with E-state index in [0.717, 1.165) is 57.0 Å². The van der Waals surface area contributed by atoms with Crippen LogP contribution in [0.25, 0.3) is 0 Å². The van der Waals surface area contributed by atoms with Gasteiger partial charge in [0.2, 0.25) is 0 Å². The van der Waals surface area contributed by atoms with E-state index in [-0.39, 0.29) is 11.7 Å². The third-order valence-electron chi connectivity index (χ3n) is 5.94. The average molecular weight is 355 g/mol. The van der Waals surface area contributed by atoms with Gasteiger partial charge in [0.25, 0.3) is 0 Å². The summed E-state index contributed by atoms with van der Waals surface area (Å²) in [5, 5.41) is 0. The summed E-state index contributed by atoms with van der Waals surface area (Å²) in [5.74, 6) is 8.11. The fourth-order valence-electron chi connectivity index (χ4n) is 4.35. The molecule has 140 valence electrons. The number of hydrogen-bond donors (Lipinski definition) is 0. The number of para-hydroxylation sites is 1. The van der Waals surface area contributed by atoms with Crippen LogP contribution in [0.5, 0.6) is 5.75 Å². The monoisotopic (exact) mass is 355 g/mol. The Morgan fingerprint density at radius 1 is 1.15 bits per heavy atom. The highest BCUT2D eigenvalue weighted by Gasteiger charge is 2.49. The molecule has 3 aliphatic rings. The highest BCUT2D eigenvalue weighted by atomic mass is 16.5. The number of hydrogen-bond acceptors (Lipinski definition) is 4. The van der Waals surface area contributed by atoms with Gasteiger partial charge in [0.15, 0.2) is 0 Å². The number of rotatable bonds is 1. The van der Waals surface area contributed by atoms with Gasteiger partial charge in [-0.2, -0.15) is 0 Å². The third kappa shape index (κ3) is 3.49. The van der Waals surface area contributed by atoms with Crippen molar-refractivity contribution in [2.45, 2.75) is 50.9 Å². The molecule has 3 atom stereocenters. The summed E-state index contributed by atoms with van der Waals surface area (Å²) in [6.45, 7) is 10.8. The van der Waals surface area contributed by atoms with Gasteiger partial charge in [-0.1, -0.05) is 30.0 Å². The summed E-state index contributed by atoms with van der Waals surface area (Å²) in [4.78, 5) is 2.35. The van der Waals surface area contributed by atoms with Gasteiger partial charge in [0, 0.05) is 24.6 Å². The summed E-state index contributed by atoms with van der Waals surface area (Å²) in [5.41, 5.74) is 0.549. The standard InChI is InChI=1S/C22H29NO3/c1-21(2)18-9-11-22(3,10-6-12-23-13-15-24-16-14-23)26-20(18)17-7-4-5-8-19(17)25-21/h4-5,7-8,18,20H,9,11-16H2,1-3H3/t18-,20-,22+/m1/s1. The van der Waals surface area contributed by atoms with Crippen molar-refractivity contribution in [2.75, 3.05) is 32.8 Å². The summed E-state index contributed by atoms with van der Waals surface area (Å²) in [7, 11) is 0. The lowest BCUT2D eigenvalue weighted by molar-refractivity contribution is -0.169. The smallest absolute Gasteiger partial charge is 0.126 e. The second kappa shape index (κ2) is 6.88. The van der Waals surface area contributed by atoms with Gasteiger partial charge in [0.1, 0.15) is 17.0 Å². The van der Waals surface area contributed by atoms with E-state index < -0.39 is 5.60 Å². The zero-order valence-corrected chi connectivity index (χ0v) is 16.1. The Bertz CT molecular complexity index is 714. The normalized spacial score (nSPS) is 33.2. The van der Waals surface area contributed by atoms with Gasteiger partial charge in [-0.3, -0.25) is 4.90 Å². The SMILES string of the molecule is CC1(C)Oc2ccccc2[C@H]2O[C@@](C)(C#CCN3CCOCC3)CC[C@H]21. The molecule has 0 radical (unpaired) electrons. The number of nitrogens with zero attached hydrogens (tertiary/aromatic N) is 1. The average Bonchev–Trinajstić information content (AvgIpc) is 2.62. The molecule has 0 spiro atoms. The predicted octanol–water partition coefficient (Wildman–Crippen LogP) is 3.42. The minimum Gasteiger partial charge on any atom is -0.487 e. The van der Waals surface area contributed by atoms with E-state index in [1.54, 1.807) is 0 Å². The van der Waals surface area contributed by atoms with Crippen molar-refractivity contribution in [2.24, 2.45) is 5.92 Å². The Kier molecular flexibility index (Phi) is 4.73. The molecule has 4 nitrogen and oxygen atoms in total. The lowest BCUT2D eigenvalue weighted by atomic mass is 9.73. The Morgan fingerprint density at radius 3 is 2.73 bits per heavy atom. The first-order valence-corrected chi connectivity index (χ1v) is 9.73.